The van der Waals surface area contributed by atoms with Gasteiger partial charge in [0.15, 0.2) is 0 Å². The highest BCUT2D eigenvalue weighted by Crippen LogP contribution is 2.19. The standard InChI is InChI=1S/C11H9Cl2NO/c12-5-7-1-2-9-8(6-13)4-11(15)14-10(9)3-7/h1-4H,5-6H2,(H,14,15). The number of hydrogen-bond donors (Lipinski definition) is 1. The van der Waals surface area contributed by atoms with E-state index in [0.29, 0.717) is 11.8 Å². The number of halogens is 2. The van der Waals surface area contributed by atoms with E-state index in [4.69, 9.17) is 23.2 Å². The van der Waals surface area contributed by atoms with Gasteiger partial charge in [-0.05, 0) is 17.2 Å². The van der Waals surface area contributed by atoms with Gasteiger partial charge in [0.1, 0.15) is 0 Å². The van der Waals surface area contributed by atoms with E-state index in [-0.39, 0.29) is 5.56 Å². The summed E-state index contributed by atoms with van der Waals surface area (Å²) >= 11 is 11.5. The van der Waals surface area contributed by atoms with E-state index < -0.39 is 0 Å². The van der Waals surface area contributed by atoms with Crippen LogP contribution in [0, 0.1) is 0 Å². The zero-order valence-electron chi connectivity index (χ0n) is 7.89. The lowest BCUT2D eigenvalue weighted by atomic mass is 10.1. The molecule has 0 fully saturated rings. The second kappa shape index (κ2) is 4.25. The van der Waals surface area contributed by atoms with Gasteiger partial charge in [0.05, 0.1) is 0 Å². The first kappa shape index (κ1) is 10.5. The minimum absolute atomic E-state index is 0.134. The van der Waals surface area contributed by atoms with Crippen LogP contribution in [0.15, 0.2) is 29.1 Å². The lowest BCUT2D eigenvalue weighted by molar-refractivity contribution is 1.25. The maximum Gasteiger partial charge on any atom is 0.248 e. The highest BCUT2D eigenvalue weighted by Gasteiger charge is 2.03. The summed E-state index contributed by atoms with van der Waals surface area (Å²) in [5.41, 5.74) is 2.48. The minimum atomic E-state index is -0.134. The predicted octanol–water partition coefficient (Wildman–Crippen LogP) is 3.01. The van der Waals surface area contributed by atoms with Crippen LogP contribution in [0.3, 0.4) is 0 Å². The molecule has 0 aliphatic carbocycles. The van der Waals surface area contributed by atoms with E-state index in [1.807, 2.05) is 18.2 Å². The number of hydrogen-bond acceptors (Lipinski definition) is 1. The molecule has 1 aromatic carbocycles. The second-order valence-electron chi connectivity index (χ2n) is 3.31. The average Bonchev–Trinajstić information content (AvgIpc) is 2.26. The van der Waals surface area contributed by atoms with Crippen molar-refractivity contribution in [3.05, 3.63) is 45.7 Å². The van der Waals surface area contributed by atoms with Crippen LogP contribution in [0.2, 0.25) is 0 Å². The van der Waals surface area contributed by atoms with Gasteiger partial charge in [0.2, 0.25) is 5.56 Å². The molecule has 0 aliphatic rings. The Hall–Kier alpha value is -0.990. The lowest BCUT2D eigenvalue weighted by Crippen LogP contribution is -2.05. The fraction of sp³-hybridized carbons (Fsp3) is 0.182. The second-order valence-corrected chi connectivity index (χ2v) is 3.84. The number of aromatic nitrogens is 1. The Morgan fingerprint density at radius 3 is 2.60 bits per heavy atom. The number of nitrogens with one attached hydrogen (secondary N) is 1. The molecule has 0 saturated carbocycles. The fourth-order valence-corrected chi connectivity index (χ4v) is 1.96. The molecule has 0 unspecified atom stereocenters. The van der Waals surface area contributed by atoms with Crippen molar-refractivity contribution in [3.8, 4) is 0 Å². The first-order valence-electron chi connectivity index (χ1n) is 4.51. The third-order valence-corrected chi connectivity index (χ3v) is 2.89. The quantitative estimate of drug-likeness (QED) is 0.806. The number of rotatable bonds is 2. The topological polar surface area (TPSA) is 32.9 Å². The molecule has 2 aromatic rings. The number of pyridine rings is 1. The summed E-state index contributed by atoms with van der Waals surface area (Å²) in [6.45, 7) is 0. The molecule has 1 aromatic heterocycles. The molecule has 0 spiro atoms. The van der Waals surface area contributed by atoms with Crippen LogP contribution in [0.5, 0.6) is 0 Å². The largest absolute Gasteiger partial charge is 0.322 e. The smallest absolute Gasteiger partial charge is 0.248 e. The van der Waals surface area contributed by atoms with Gasteiger partial charge in [0, 0.05) is 28.7 Å². The molecule has 0 atom stereocenters. The van der Waals surface area contributed by atoms with Crippen molar-refractivity contribution in [1.82, 2.24) is 4.98 Å². The highest BCUT2D eigenvalue weighted by molar-refractivity contribution is 6.18. The third kappa shape index (κ3) is 2.01. The van der Waals surface area contributed by atoms with Crippen LogP contribution in [0.25, 0.3) is 10.9 Å². The molecule has 0 aliphatic heterocycles. The molecule has 0 amide bonds. The van der Waals surface area contributed by atoms with Crippen LogP contribution < -0.4 is 5.56 Å². The lowest BCUT2D eigenvalue weighted by Gasteiger charge is -2.04. The van der Waals surface area contributed by atoms with Crippen LogP contribution in [0.4, 0.5) is 0 Å². The van der Waals surface area contributed by atoms with E-state index in [9.17, 15) is 4.79 Å². The number of benzene rings is 1. The van der Waals surface area contributed by atoms with Crippen molar-refractivity contribution in [2.24, 2.45) is 0 Å². The van der Waals surface area contributed by atoms with Crippen LogP contribution in [0.1, 0.15) is 11.1 Å². The van der Waals surface area contributed by atoms with Gasteiger partial charge in [-0.2, -0.15) is 0 Å². The molecular weight excluding hydrogens is 233 g/mol. The maximum absolute atomic E-state index is 11.3. The normalized spacial score (nSPS) is 10.8. The summed E-state index contributed by atoms with van der Waals surface area (Å²) in [6, 6.07) is 7.26. The van der Waals surface area contributed by atoms with Gasteiger partial charge >= 0.3 is 0 Å². The summed E-state index contributed by atoms with van der Waals surface area (Å²) in [7, 11) is 0. The summed E-state index contributed by atoms with van der Waals surface area (Å²) in [6.07, 6.45) is 0. The van der Waals surface area contributed by atoms with Gasteiger partial charge in [-0.15, -0.1) is 23.2 Å². The Labute approximate surface area is 96.8 Å². The summed E-state index contributed by atoms with van der Waals surface area (Å²) in [5, 5.41) is 0.971. The Morgan fingerprint density at radius 1 is 1.13 bits per heavy atom. The van der Waals surface area contributed by atoms with Gasteiger partial charge in [-0.1, -0.05) is 12.1 Å². The predicted molar refractivity (Wildman–Crippen MR) is 63.7 cm³/mol. The summed E-state index contributed by atoms with van der Waals surface area (Å²) in [4.78, 5) is 14.1. The van der Waals surface area contributed by atoms with Gasteiger partial charge in [-0.3, -0.25) is 4.79 Å². The fourth-order valence-electron chi connectivity index (χ4n) is 1.57. The Morgan fingerprint density at radius 2 is 1.93 bits per heavy atom. The zero-order chi connectivity index (χ0) is 10.8. The molecule has 0 bridgehead atoms. The maximum atomic E-state index is 11.3. The van der Waals surface area contributed by atoms with Gasteiger partial charge in [-0.25, -0.2) is 0 Å². The molecular formula is C11H9Cl2NO. The van der Waals surface area contributed by atoms with Crippen molar-refractivity contribution in [2.75, 3.05) is 0 Å². The van der Waals surface area contributed by atoms with Crippen molar-refractivity contribution in [3.63, 3.8) is 0 Å². The van der Waals surface area contributed by atoms with Crippen LogP contribution in [-0.2, 0) is 11.8 Å². The van der Waals surface area contributed by atoms with E-state index in [1.54, 1.807) is 0 Å². The van der Waals surface area contributed by atoms with Crippen LogP contribution >= 0.6 is 23.2 Å². The molecule has 4 heteroatoms. The molecule has 0 saturated heterocycles. The number of fused-ring (bicyclic) bond motifs is 1. The third-order valence-electron chi connectivity index (χ3n) is 2.29. The minimum Gasteiger partial charge on any atom is -0.322 e. The molecule has 15 heavy (non-hydrogen) atoms. The molecule has 2 rings (SSSR count). The molecule has 78 valence electrons. The Kier molecular flexibility index (Phi) is 2.98. The van der Waals surface area contributed by atoms with E-state index in [0.717, 1.165) is 22.0 Å². The van der Waals surface area contributed by atoms with Crippen molar-refractivity contribution >= 4 is 34.1 Å². The zero-order valence-corrected chi connectivity index (χ0v) is 9.40. The number of H-pyrrole nitrogens is 1. The molecule has 2 nitrogen and oxygen atoms in total. The molecule has 1 heterocycles. The van der Waals surface area contributed by atoms with E-state index in [1.165, 1.54) is 6.07 Å². The van der Waals surface area contributed by atoms with E-state index >= 15 is 0 Å². The van der Waals surface area contributed by atoms with Gasteiger partial charge < -0.3 is 4.98 Å². The summed E-state index contributed by atoms with van der Waals surface area (Å²) in [5.74, 6) is 0.768. The van der Waals surface area contributed by atoms with Crippen LogP contribution in [-0.4, -0.2) is 4.98 Å². The number of alkyl halides is 2. The average molecular weight is 242 g/mol. The van der Waals surface area contributed by atoms with Gasteiger partial charge in [0.25, 0.3) is 0 Å². The van der Waals surface area contributed by atoms with E-state index in [2.05, 4.69) is 4.98 Å². The van der Waals surface area contributed by atoms with Crippen molar-refractivity contribution < 1.29 is 0 Å². The highest BCUT2D eigenvalue weighted by atomic mass is 35.5. The Balaban J connectivity index is 2.78. The molecule has 1 N–H and O–H groups in total. The van der Waals surface area contributed by atoms with Crippen molar-refractivity contribution in [2.45, 2.75) is 11.8 Å². The number of aromatic amines is 1. The Bertz CT molecular complexity index is 548. The molecule has 0 radical (unpaired) electrons. The first-order valence-corrected chi connectivity index (χ1v) is 5.58. The summed E-state index contributed by atoms with van der Waals surface area (Å²) < 4.78 is 0. The van der Waals surface area contributed by atoms with Crippen molar-refractivity contribution in [1.29, 1.82) is 0 Å². The SMILES string of the molecule is O=c1cc(CCl)c2ccc(CCl)cc2[nH]1. The first-order chi connectivity index (χ1) is 7.24. The monoisotopic (exact) mass is 241 g/mol.